The fourth-order valence-corrected chi connectivity index (χ4v) is 4.14. The average molecular weight is 427 g/mol. The number of carbonyl (C=O) groups excluding carboxylic acids is 1. The van der Waals surface area contributed by atoms with E-state index in [1.54, 1.807) is 18.2 Å². The van der Waals surface area contributed by atoms with Gasteiger partial charge in [0.25, 0.3) is 0 Å². The van der Waals surface area contributed by atoms with Gasteiger partial charge in [0.05, 0.1) is 11.4 Å². The smallest absolute Gasteiger partial charge is 0.240 e. The zero-order chi connectivity index (χ0) is 21.4. The monoisotopic (exact) mass is 426 g/mol. The molecular weight excluding hydrogens is 400 g/mol. The van der Waals surface area contributed by atoms with Crippen molar-refractivity contribution in [1.82, 2.24) is 10.0 Å². The van der Waals surface area contributed by atoms with E-state index in [1.165, 1.54) is 0 Å². The molecule has 0 unspecified atom stereocenters. The van der Waals surface area contributed by atoms with Gasteiger partial charge in [0, 0.05) is 13.0 Å². The molecule has 2 N–H and O–H groups in total. The summed E-state index contributed by atoms with van der Waals surface area (Å²) in [5, 5.41) is 4.63. The van der Waals surface area contributed by atoms with Gasteiger partial charge in [0.2, 0.25) is 15.9 Å². The van der Waals surface area contributed by atoms with E-state index in [1.807, 2.05) is 55.5 Å². The van der Waals surface area contributed by atoms with Crippen molar-refractivity contribution in [1.29, 1.82) is 0 Å². The van der Waals surface area contributed by atoms with Crippen LogP contribution in [0.5, 0.6) is 5.75 Å². The van der Waals surface area contributed by atoms with Gasteiger partial charge in [-0.25, -0.2) is 13.1 Å². The summed E-state index contributed by atoms with van der Waals surface area (Å²) in [6.45, 7) is 2.96. The minimum Gasteiger partial charge on any atom is -0.492 e. The summed E-state index contributed by atoms with van der Waals surface area (Å²) in [5.41, 5.74) is 1.11. The van der Waals surface area contributed by atoms with Crippen molar-refractivity contribution in [3.05, 3.63) is 72.3 Å². The predicted molar refractivity (Wildman–Crippen MR) is 118 cm³/mol. The minimum absolute atomic E-state index is 0.132. The lowest BCUT2D eigenvalue weighted by atomic mass is 10.1. The maximum absolute atomic E-state index is 12.5. The third-order valence-corrected chi connectivity index (χ3v) is 6.05. The van der Waals surface area contributed by atoms with Crippen LogP contribution in [0, 0.1) is 6.92 Å². The molecule has 3 aromatic rings. The van der Waals surface area contributed by atoms with Gasteiger partial charge in [-0.15, -0.1) is 0 Å². The Hall–Kier alpha value is -2.90. The Morgan fingerprint density at radius 1 is 0.933 bits per heavy atom. The maximum Gasteiger partial charge on any atom is 0.240 e. The highest BCUT2D eigenvalue weighted by Crippen LogP contribution is 2.18. The number of nitrogens with one attached hydrogen (secondary N) is 2. The number of aryl methyl sites for hydroxylation is 1. The van der Waals surface area contributed by atoms with Crippen molar-refractivity contribution in [2.75, 3.05) is 19.7 Å². The van der Waals surface area contributed by atoms with E-state index >= 15 is 0 Å². The summed E-state index contributed by atoms with van der Waals surface area (Å²) in [6.07, 6.45) is 0.655. The second-order valence-electron chi connectivity index (χ2n) is 7.03. The van der Waals surface area contributed by atoms with E-state index in [0.29, 0.717) is 19.6 Å². The first-order chi connectivity index (χ1) is 14.4. The van der Waals surface area contributed by atoms with Crippen molar-refractivity contribution in [2.45, 2.75) is 24.7 Å². The van der Waals surface area contributed by atoms with Gasteiger partial charge in [0.1, 0.15) is 12.4 Å². The van der Waals surface area contributed by atoms with Gasteiger partial charge >= 0.3 is 0 Å². The summed E-state index contributed by atoms with van der Waals surface area (Å²) in [4.78, 5) is 12.1. The molecule has 30 heavy (non-hydrogen) atoms. The second kappa shape index (κ2) is 10.2. The van der Waals surface area contributed by atoms with Gasteiger partial charge in [-0.2, -0.15) is 0 Å². The molecule has 6 nitrogen and oxygen atoms in total. The van der Waals surface area contributed by atoms with Crippen molar-refractivity contribution < 1.29 is 17.9 Å². The molecule has 158 valence electrons. The van der Waals surface area contributed by atoms with Crippen LogP contribution >= 0.6 is 0 Å². The molecule has 0 aliphatic heterocycles. The molecule has 0 spiro atoms. The molecule has 1 amide bonds. The van der Waals surface area contributed by atoms with E-state index in [4.69, 9.17) is 4.74 Å². The molecule has 3 rings (SSSR count). The summed E-state index contributed by atoms with van der Waals surface area (Å²) in [7, 11) is -3.61. The number of benzene rings is 3. The highest BCUT2D eigenvalue weighted by Gasteiger charge is 2.14. The van der Waals surface area contributed by atoms with Gasteiger partial charge < -0.3 is 10.1 Å². The Labute approximate surface area is 177 Å². The van der Waals surface area contributed by atoms with E-state index in [-0.39, 0.29) is 23.8 Å². The first-order valence-electron chi connectivity index (χ1n) is 9.89. The zero-order valence-corrected chi connectivity index (χ0v) is 17.7. The molecule has 0 aliphatic rings. The van der Waals surface area contributed by atoms with Crippen LogP contribution in [0.25, 0.3) is 10.8 Å². The lowest BCUT2D eigenvalue weighted by Gasteiger charge is -2.09. The zero-order valence-electron chi connectivity index (χ0n) is 16.9. The van der Waals surface area contributed by atoms with Crippen LogP contribution in [-0.2, 0) is 14.8 Å². The Balaban J connectivity index is 1.36. The molecule has 0 atom stereocenters. The highest BCUT2D eigenvalue weighted by molar-refractivity contribution is 7.89. The predicted octanol–water partition coefficient (Wildman–Crippen LogP) is 3.40. The van der Waals surface area contributed by atoms with Gasteiger partial charge in [-0.1, -0.05) is 42.5 Å². The number of rotatable bonds is 10. The lowest BCUT2D eigenvalue weighted by molar-refractivity contribution is -0.121. The van der Waals surface area contributed by atoms with Crippen molar-refractivity contribution in [3.63, 3.8) is 0 Å². The largest absolute Gasteiger partial charge is 0.492 e. The van der Waals surface area contributed by atoms with Crippen LogP contribution in [0.3, 0.4) is 0 Å². The molecule has 0 fully saturated rings. The van der Waals surface area contributed by atoms with E-state index in [9.17, 15) is 13.2 Å². The molecule has 3 aromatic carbocycles. The molecule has 0 aliphatic carbocycles. The van der Waals surface area contributed by atoms with Crippen LogP contribution < -0.4 is 14.8 Å². The fraction of sp³-hybridized carbons (Fsp3) is 0.261. The highest BCUT2D eigenvalue weighted by atomic mass is 32.2. The SMILES string of the molecule is Cc1cccc(OCCNC(=O)CCCNS(=O)(=O)c2ccc3ccccc3c2)c1. The van der Waals surface area contributed by atoms with Crippen LogP contribution in [0.4, 0.5) is 0 Å². The van der Waals surface area contributed by atoms with E-state index in [2.05, 4.69) is 10.0 Å². The lowest BCUT2D eigenvalue weighted by Crippen LogP contribution is -2.30. The molecule has 0 saturated carbocycles. The number of sulfonamides is 1. The summed E-state index contributed by atoms with van der Waals surface area (Å²) < 4.78 is 33.1. The molecule has 0 aromatic heterocycles. The number of hydrogen-bond donors (Lipinski definition) is 2. The first kappa shape index (κ1) is 21.8. The Bertz CT molecular complexity index is 1110. The molecular formula is C23H26N2O4S. The molecule has 0 heterocycles. The first-order valence-corrected chi connectivity index (χ1v) is 11.4. The fourth-order valence-electron chi connectivity index (χ4n) is 3.03. The summed E-state index contributed by atoms with van der Waals surface area (Å²) >= 11 is 0. The molecule has 0 saturated heterocycles. The van der Waals surface area contributed by atoms with Crippen LogP contribution in [0.1, 0.15) is 18.4 Å². The third-order valence-electron chi connectivity index (χ3n) is 4.59. The van der Waals surface area contributed by atoms with Crippen LogP contribution in [0.15, 0.2) is 71.6 Å². The molecule has 0 bridgehead atoms. The number of carbonyl (C=O) groups is 1. The number of hydrogen-bond acceptors (Lipinski definition) is 4. The number of ether oxygens (including phenoxy) is 1. The maximum atomic E-state index is 12.5. The number of fused-ring (bicyclic) bond motifs is 1. The molecule has 0 radical (unpaired) electrons. The van der Waals surface area contributed by atoms with E-state index in [0.717, 1.165) is 22.1 Å². The standard InChI is InChI=1S/C23H26N2O4S/c1-18-6-4-9-21(16-18)29-15-14-24-23(26)10-5-13-25-30(27,28)22-12-11-19-7-2-3-8-20(19)17-22/h2-4,6-9,11-12,16-17,25H,5,10,13-15H2,1H3,(H,24,26). The summed E-state index contributed by atoms with van der Waals surface area (Å²) in [6, 6.07) is 20.3. The van der Waals surface area contributed by atoms with Crippen molar-refractivity contribution >= 4 is 26.7 Å². The second-order valence-corrected chi connectivity index (χ2v) is 8.79. The Morgan fingerprint density at radius 2 is 1.73 bits per heavy atom. The quantitative estimate of drug-likeness (QED) is 0.487. The average Bonchev–Trinajstić information content (AvgIpc) is 2.74. The Kier molecular flexibility index (Phi) is 7.43. The van der Waals surface area contributed by atoms with E-state index < -0.39 is 10.0 Å². The van der Waals surface area contributed by atoms with Crippen LogP contribution in [-0.4, -0.2) is 34.0 Å². The van der Waals surface area contributed by atoms with Crippen LogP contribution in [0.2, 0.25) is 0 Å². The number of amides is 1. The topological polar surface area (TPSA) is 84.5 Å². The third kappa shape index (κ3) is 6.30. The minimum atomic E-state index is -3.61. The summed E-state index contributed by atoms with van der Waals surface area (Å²) in [5.74, 6) is 0.639. The van der Waals surface area contributed by atoms with Gasteiger partial charge in [0.15, 0.2) is 0 Å². The normalized spacial score (nSPS) is 11.4. The molecule has 7 heteroatoms. The van der Waals surface area contributed by atoms with Gasteiger partial charge in [-0.3, -0.25) is 4.79 Å². The van der Waals surface area contributed by atoms with Crippen molar-refractivity contribution in [3.8, 4) is 5.75 Å². The Morgan fingerprint density at radius 3 is 2.53 bits per heavy atom. The van der Waals surface area contributed by atoms with Crippen molar-refractivity contribution in [2.24, 2.45) is 0 Å². The van der Waals surface area contributed by atoms with Gasteiger partial charge in [-0.05, 0) is 53.9 Å².